The summed E-state index contributed by atoms with van der Waals surface area (Å²) >= 11 is 0. The van der Waals surface area contributed by atoms with E-state index in [1.807, 2.05) is 72.8 Å². The van der Waals surface area contributed by atoms with Crippen LogP contribution in [0.25, 0.3) is 24.3 Å². The minimum Gasteiger partial charge on any atom is -0.507 e. The van der Waals surface area contributed by atoms with Crippen molar-refractivity contribution < 1.29 is 19.3 Å². The third-order valence-electron chi connectivity index (χ3n) is 4.62. The summed E-state index contributed by atoms with van der Waals surface area (Å²) in [4.78, 5) is 0. The van der Waals surface area contributed by atoms with E-state index in [2.05, 4.69) is 0 Å². The first-order chi connectivity index (χ1) is 14.5. The van der Waals surface area contributed by atoms with Gasteiger partial charge in [-0.2, -0.15) is 0 Å². The molecule has 0 unspecified atom stereocenters. The molecule has 5 nitrogen and oxygen atoms in total. The standard InChI is InChI=1S/C25H25NO4/c1-28-23-13-9-18(15-25(23)30-3)4-5-19-14-22(27)21(24(16-19)29-2)12-8-17-6-10-20(26)11-7-17/h4-16,27H,26H2,1-3H3/b5-4+,12-8+. The number of rotatable bonds is 7. The highest BCUT2D eigenvalue weighted by Gasteiger charge is 2.08. The highest BCUT2D eigenvalue weighted by atomic mass is 16.5. The molecule has 0 saturated carbocycles. The summed E-state index contributed by atoms with van der Waals surface area (Å²) in [6.45, 7) is 0. The number of phenols is 1. The van der Waals surface area contributed by atoms with Crippen molar-refractivity contribution in [2.45, 2.75) is 0 Å². The molecular weight excluding hydrogens is 378 g/mol. The zero-order valence-corrected chi connectivity index (χ0v) is 17.3. The van der Waals surface area contributed by atoms with Gasteiger partial charge in [0.1, 0.15) is 11.5 Å². The number of ether oxygens (including phenoxy) is 3. The van der Waals surface area contributed by atoms with Crippen molar-refractivity contribution >= 4 is 30.0 Å². The van der Waals surface area contributed by atoms with E-state index in [9.17, 15) is 5.11 Å². The SMILES string of the molecule is COc1ccc(/C=C/c2cc(O)c(/C=C/c3ccc(N)cc3)c(OC)c2)cc1OC. The number of hydrogen-bond acceptors (Lipinski definition) is 5. The van der Waals surface area contributed by atoms with Crippen molar-refractivity contribution in [1.82, 2.24) is 0 Å². The Balaban J connectivity index is 1.86. The Kier molecular flexibility index (Phi) is 6.65. The maximum atomic E-state index is 10.6. The van der Waals surface area contributed by atoms with E-state index < -0.39 is 0 Å². The summed E-state index contributed by atoms with van der Waals surface area (Å²) in [5.74, 6) is 2.04. The van der Waals surface area contributed by atoms with Crippen LogP contribution in [0.15, 0.2) is 54.6 Å². The molecule has 0 saturated heterocycles. The Morgan fingerprint density at radius 2 is 1.20 bits per heavy atom. The average Bonchev–Trinajstić information content (AvgIpc) is 2.77. The number of aromatic hydroxyl groups is 1. The van der Waals surface area contributed by atoms with Crippen LogP contribution in [0.3, 0.4) is 0 Å². The topological polar surface area (TPSA) is 73.9 Å². The number of benzene rings is 3. The molecule has 154 valence electrons. The molecule has 30 heavy (non-hydrogen) atoms. The normalized spacial score (nSPS) is 11.2. The largest absolute Gasteiger partial charge is 0.507 e. The smallest absolute Gasteiger partial charge is 0.161 e. The maximum Gasteiger partial charge on any atom is 0.161 e. The van der Waals surface area contributed by atoms with Gasteiger partial charge >= 0.3 is 0 Å². The average molecular weight is 403 g/mol. The minimum absolute atomic E-state index is 0.132. The van der Waals surface area contributed by atoms with Gasteiger partial charge in [0.15, 0.2) is 11.5 Å². The van der Waals surface area contributed by atoms with Gasteiger partial charge in [0.2, 0.25) is 0 Å². The predicted octanol–water partition coefficient (Wildman–Crippen LogP) is 5.34. The van der Waals surface area contributed by atoms with Crippen molar-refractivity contribution in [1.29, 1.82) is 0 Å². The summed E-state index contributed by atoms with van der Waals surface area (Å²) in [5, 5.41) is 10.6. The second-order valence-corrected chi connectivity index (χ2v) is 6.60. The summed E-state index contributed by atoms with van der Waals surface area (Å²) in [6.07, 6.45) is 7.55. The summed E-state index contributed by atoms with van der Waals surface area (Å²) in [5.41, 5.74) is 9.76. The Morgan fingerprint density at radius 1 is 0.633 bits per heavy atom. The molecular formula is C25H25NO4. The molecule has 0 spiro atoms. The zero-order chi connectivity index (χ0) is 21.5. The monoisotopic (exact) mass is 403 g/mol. The quantitative estimate of drug-likeness (QED) is 0.411. The molecule has 0 heterocycles. The lowest BCUT2D eigenvalue weighted by Gasteiger charge is -2.09. The molecule has 3 N–H and O–H groups in total. The molecule has 0 aromatic heterocycles. The van der Waals surface area contributed by atoms with Crippen molar-refractivity contribution in [3.8, 4) is 23.0 Å². The van der Waals surface area contributed by atoms with Gasteiger partial charge < -0.3 is 25.1 Å². The molecule has 0 radical (unpaired) electrons. The van der Waals surface area contributed by atoms with E-state index >= 15 is 0 Å². The van der Waals surface area contributed by atoms with Crippen molar-refractivity contribution in [3.63, 3.8) is 0 Å². The fourth-order valence-corrected chi connectivity index (χ4v) is 3.00. The number of phenolic OH excluding ortho intramolecular Hbond substituents is 1. The highest BCUT2D eigenvalue weighted by molar-refractivity contribution is 5.79. The molecule has 0 aliphatic carbocycles. The van der Waals surface area contributed by atoms with E-state index in [1.165, 1.54) is 0 Å². The van der Waals surface area contributed by atoms with Crippen molar-refractivity contribution in [3.05, 3.63) is 76.9 Å². The Labute approximate surface area is 176 Å². The van der Waals surface area contributed by atoms with Gasteiger partial charge in [0, 0.05) is 5.69 Å². The van der Waals surface area contributed by atoms with Crippen LogP contribution >= 0.6 is 0 Å². The summed E-state index contributed by atoms with van der Waals surface area (Å²) in [6, 6.07) is 16.7. The van der Waals surface area contributed by atoms with Crippen LogP contribution in [0.5, 0.6) is 23.0 Å². The molecule has 0 fully saturated rings. The molecule has 0 atom stereocenters. The molecule has 3 aromatic carbocycles. The van der Waals surface area contributed by atoms with Crippen molar-refractivity contribution in [2.24, 2.45) is 0 Å². The maximum absolute atomic E-state index is 10.6. The Hall–Kier alpha value is -3.86. The van der Waals surface area contributed by atoms with Gasteiger partial charge in [-0.3, -0.25) is 0 Å². The van der Waals surface area contributed by atoms with Crippen LogP contribution in [0, 0.1) is 0 Å². The van der Waals surface area contributed by atoms with Gasteiger partial charge in [0.25, 0.3) is 0 Å². The molecule has 3 rings (SSSR count). The number of nitrogen functional groups attached to an aromatic ring is 1. The van der Waals surface area contributed by atoms with Crippen LogP contribution in [-0.2, 0) is 0 Å². The Bertz CT molecular complexity index is 1070. The van der Waals surface area contributed by atoms with Crippen LogP contribution in [0.2, 0.25) is 0 Å². The van der Waals surface area contributed by atoms with E-state index in [0.717, 1.165) is 16.7 Å². The second kappa shape index (κ2) is 9.56. The van der Waals surface area contributed by atoms with E-state index in [4.69, 9.17) is 19.9 Å². The van der Waals surface area contributed by atoms with E-state index in [1.54, 1.807) is 27.4 Å². The minimum atomic E-state index is 0.132. The summed E-state index contributed by atoms with van der Waals surface area (Å²) in [7, 11) is 4.79. The van der Waals surface area contributed by atoms with Gasteiger partial charge in [-0.05, 0) is 59.2 Å². The fraction of sp³-hybridized carbons (Fsp3) is 0.120. The first-order valence-electron chi connectivity index (χ1n) is 9.38. The van der Waals surface area contributed by atoms with Gasteiger partial charge in [-0.1, -0.05) is 36.4 Å². The molecule has 0 aliphatic heterocycles. The molecule has 3 aromatic rings. The lowest BCUT2D eigenvalue weighted by atomic mass is 10.1. The van der Waals surface area contributed by atoms with Crippen LogP contribution in [0.1, 0.15) is 22.3 Å². The third kappa shape index (κ3) is 4.94. The van der Waals surface area contributed by atoms with Crippen LogP contribution in [0.4, 0.5) is 5.69 Å². The lowest BCUT2D eigenvalue weighted by Crippen LogP contribution is -1.90. The molecule has 0 aliphatic rings. The van der Waals surface area contributed by atoms with Gasteiger partial charge in [-0.25, -0.2) is 0 Å². The van der Waals surface area contributed by atoms with E-state index in [-0.39, 0.29) is 5.75 Å². The third-order valence-corrected chi connectivity index (χ3v) is 4.62. The van der Waals surface area contributed by atoms with E-state index in [0.29, 0.717) is 28.5 Å². The Morgan fingerprint density at radius 3 is 1.87 bits per heavy atom. The van der Waals surface area contributed by atoms with Crippen molar-refractivity contribution in [2.75, 3.05) is 27.1 Å². The number of methoxy groups -OCH3 is 3. The highest BCUT2D eigenvalue weighted by Crippen LogP contribution is 2.33. The first-order valence-corrected chi connectivity index (χ1v) is 9.38. The first kappa shape index (κ1) is 20.9. The summed E-state index contributed by atoms with van der Waals surface area (Å²) < 4.78 is 16.1. The predicted molar refractivity (Wildman–Crippen MR) is 123 cm³/mol. The number of anilines is 1. The lowest BCUT2D eigenvalue weighted by molar-refractivity contribution is 0.355. The second-order valence-electron chi connectivity index (χ2n) is 6.60. The fourth-order valence-electron chi connectivity index (χ4n) is 3.00. The number of hydrogen-bond donors (Lipinski definition) is 2. The van der Waals surface area contributed by atoms with Gasteiger partial charge in [-0.15, -0.1) is 0 Å². The molecule has 0 amide bonds. The zero-order valence-electron chi connectivity index (χ0n) is 17.3. The number of nitrogens with two attached hydrogens (primary N) is 1. The molecule has 5 heteroatoms. The van der Waals surface area contributed by atoms with Crippen LogP contribution in [-0.4, -0.2) is 26.4 Å². The van der Waals surface area contributed by atoms with Crippen LogP contribution < -0.4 is 19.9 Å². The molecule has 0 bridgehead atoms. The van der Waals surface area contributed by atoms with Gasteiger partial charge in [0.05, 0.1) is 26.9 Å².